The minimum absolute atomic E-state index is 0.806. The van der Waals surface area contributed by atoms with Crippen LogP contribution >= 0.6 is 11.5 Å². The van der Waals surface area contributed by atoms with E-state index in [1.54, 1.807) is 13.3 Å². The van der Waals surface area contributed by atoms with Crippen molar-refractivity contribution in [2.75, 3.05) is 7.11 Å². The van der Waals surface area contributed by atoms with Gasteiger partial charge in [0.25, 0.3) is 5.06 Å². The van der Waals surface area contributed by atoms with Crippen molar-refractivity contribution in [1.82, 2.24) is 4.49 Å². The van der Waals surface area contributed by atoms with Crippen molar-refractivity contribution in [2.24, 2.45) is 0 Å². The van der Waals surface area contributed by atoms with Gasteiger partial charge in [0.05, 0.1) is 23.1 Å². The van der Waals surface area contributed by atoms with Crippen LogP contribution in [0.4, 0.5) is 0 Å². The number of hydrogen-bond donors (Lipinski definition) is 0. The molecule has 1 aromatic heterocycles. The lowest BCUT2D eigenvalue weighted by atomic mass is 10.9. The maximum absolute atomic E-state index is 4.78. The van der Waals surface area contributed by atoms with Crippen molar-refractivity contribution in [3.8, 4) is 5.06 Å². The standard InChI is InChI=1S/C3H4N2OS/c1-6-3-2-4-5-7-3/h2H,1H3/p+1. The van der Waals surface area contributed by atoms with Gasteiger partial charge >= 0.3 is 0 Å². The van der Waals surface area contributed by atoms with E-state index in [0.717, 1.165) is 5.06 Å². The molecule has 1 N–H and O–H groups in total. The minimum Gasteiger partial charge on any atom is -0.482 e. The normalized spacial score (nSPS) is 8.71. The maximum Gasteiger partial charge on any atom is 0.264 e. The third-order valence-electron chi connectivity index (χ3n) is 0.572. The van der Waals surface area contributed by atoms with Gasteiger partial charge in [-0.05, 0) is 0 Å². The number of H-pyrrole nitrogens is 1. The van der Waals surface area contributed by atoms with E-state index in [1.807, 2.05) is 0 Å². The minimum atomic E-state index is 0.806. The zero-order valence-corrected chi connectivity index (χ0v) is 4.66. The second kappa shape index (κ2) is 1.88. The van der Waals surface area contributed by atoms with Gasteiger partial charge in [0, 0.05) is 0 Å². The van der Waals surface area contributed by atoms with E-state index < -0.39 is 0 Å². The average Bonchev–Trinajstić information content (AvgIpc) is 2.14. The van der Waals surface area contributed by atoms with Crippen molar-refractivity contribution in [3.05, 3.63) is 6.20 Å². The van der Waals surface area contributed by atoms with Crippen LogP contribution in [-0.2, 0) is 0 Å². The van der Waals surface area contributed by atoms with Crippen molar-refractivity contribution in [3.63, 3.8) is 0 Å². The molecule has 0 spiro atoms. The van der Waals surface area contributed by atoms with E-state index in [0.29, 0.717) is 0 Å². The van der Waals surface area contributed by atoms with Crippen LogP contribution in [0, 0.1) is 0 Å². The zero-order chi connectivity index (χ0) is 5.11. The molecule has 0 unspecified atom stereocenters. The molecule has 0 atom stereocenters. The molecule has 1 heterocycles. The molecule has 0 aromatic carbocycles. The fraction of sp³-hybridized carbons (Fsp3) is 0.333. The summed E-state index contributed by atoms with van der Waals surface area (Å²) in [4.78, 5) is 0. The van der Waals surface area contributed by atoms with Gasteiger partial charge in [-0.25, -0.2) is 0 Å². The summed E-state index contributed by atoms with van der Waals surface area (Å²) in [7, 11) is 1.61. The average molecular weight is 117 g/mol. The summed E-state index contributed by atoms with van der Waals surface area (Å²) in [5, 5.41) is 3.43. The lowest BCUT2D eigenvalue weighted by Gasteiger charge is -1.80. The number of aromatic amines is 1. The highest BCUT2D eigenvalue weighted by atomic mass is 32.1. The van der Waals surface area contributed by atoms with Crippen LogP contribution in [0.1, 0.15) is 0 Å². The molecule has 0 aliphatic carbocycles. The van der Waals surface area contributed by atoms with Crippen LogP contribution < -0.4 is 9.84 Å². The smallest absolute Gasteiger partial charge is 0.264 e. The molecule has 0 fully saturated rings. The third-order valence-corrected chi connectivity index (χ3v) is 1.23. The predicted molar refractivity (Wildman–Crippen MR) is 25.2 cm³/mol. The number of rotatable bonds is 1. The van der Waals surface area contributed by atoms with Crippen molar-refractivity contribution in [2.45, 2.75) is 0 Å². The van der Waals surface area contributed by atoms with E-state index in [4.69, 9.17) is 4.74 Å². The van der Waals surface area contributed by atoms with Crippen molar-refractivity contribution >= 4 is 11.5 Å². The lowest BCUT2D eigenvalue weighted by Crippen LogP contribution is -1.95. The van der Waals surface area contributed by atoms with E-state index in [-0.39, 0.29) is 0 Å². The molecular formula is C3H5N2OS+. The van der Waals surface area contributed by atoms with Gasteiger partial charge in [-0.15, -0.1) is 0 Å². The monoisotopic (exact) mass is 117 g/mol. The van der Waals surface area contributed by atoms with Crippen LogP contribution in [-0.4, -0.2) is 11.6 Å². The molecule has 0 radical (unpaired) electrons. The topological polar surface area (TPSA) is 36.3 Å². The summed E-state index contributed by atoms with van der Waals surface area (Å²) in [5.74, 6) is 0. The molecule has 1 aromatic rings. The first-order valence-electron chi connectivity index (χ1n) is 1.80. The Labute approximate surface area is 45.1 Å². The molecule has 38 valence electrons. The second-order valence-electron chi connectivity index (χ2n) is 0.979. The molecular weight excluding hydrogens is 112 g/mol. The van der Waals surface area contributed by atoms with Crippen LogP contribution in [0.5, 0.6) is 5.06 Å². The Morgan fingerprint density at radius 3 is 3.14 bits per heavy atom. The van der Waals surface area contributed by atoms with Gasteiger partial charge in [0.1, 0.15) is 0 Å². The first-order chi connectivity index (χ1) is 3.43. The largest absolute Gasteiger partial charge is 0.482 e. The molecule has 0 bridgehead atoms. The maximum atomic E-state index is 4.78. The summed E-state index contributed by atoms with van der Waals surface area (Å²) >= 11 is 1.30. The predicted octanol–water partition coefficient (Wildman–Crippen LogP) is -0.0342. The van der Waals surface area contributed by atoms with E-state index in [2.05, 4.69) is 9.59 Å². The van der Waals surface area contributed by atoms with E-state index in [9.17, 15) is 0 Å². The molecule has 0 aliphatic rings. The van der Waals surface area contributed by atoms with Gasteiger partial charge in [0.2, 0.25) is 6.20 Å². The first kappa shape index (κ1) is 4.52. The number of aromatic nitrogens is 2. The van der Waals surface area contributed by atoms with Crippen LogP contribution in [0.2, 0.25) is 0 Å². The summed E-state index contributed by atoms with van der Waals surface area (Å²) in [6.07, 6.45) is 1.70. The molecule has 3 nitrogen and oxygen atoms in total. The SMILES string of the molecule is COc1c[nH+]ns1. The zero-order valence-electron chi connectivity index (χ0n) is 3.84. The van der Waals surface area contributed by atoms with Crippen LogP contribution in [0.25, 0.3) is 0 Å². The van der Waals surface area contributed by atoms with Crippen LogP contribution in [0.15, 0.2) is 6.20 Å². The molecule has 1 rings (SSSR count). The Kier molecular flexibility index (Phi) is 1.21. The quantitative estimate of drug-likeness (QED) is 0.517. The second-order valence-corrected chi connectivity index (χ2v) is 1.75. The van der Waals surface area contributed by atoms with E-state index in [1.165, 1.54) is 11.5 Å². The number of nitrogens with one attached hydrogen (secondary N) is 1. The summed E-state index contributed by atoms with van der Waals surface area (Å²) in [5.41, 5.74) is 0. The van der Waals surface area contributed by atoms with Gasteiger partial charge in [-0.1, -0.05) is 5.10 Å². The highest BCUT2D eigenvalue weighted by Crippen LogP contribution is 2.07. The fourth-order valence-electron chi connectivity index (χ4n) is 0.273. The van der Waals surface area contributed by atoms with Gasteiger partial charge < -0.3 is 4.74 Å². The summed E-state index contributed by atoms with van der Waals surface area (Å²) in [6, 6.07) is 0. The molecule has 0 saturated heterocycles. The molecule has 0 amide bonds. The molecule has 4 heteroatoms. The Hall–Kier alpha value is -0.640. The van der Waals surface area contributed by atoms with Gasteiger partial charge in [0.15, 0.2) is 0 Å². The Morgan fingerprint density at radius 1 is 2.00 bits per heavy atom. The summed E-state index contributed by atoms with van der Waals surface area (Å²) in [6.45, 7) is 0. The first-order valence-corrected chi connectivity index (χ1v) is 2.57. The Bertz CT molecular complexity index is 127. The summed E-state index contributed by atoms with van der Waals surface area (Å²) < 4.78 is 8.46. The molecule has 0 aliphatic heterocycles. The lowest BCUT2D eigenvalue weighted by molar-refractivity contribution is -0.443. The van der Waals surface area contributed by atoms with Crippen LogP contribution in [0.3, 0.4) is 0 Å². The number of nitrogens with zero attached hydrogens (tertiary/aromatic N) is 1. The Morgan fingerprint density at radius 2 is 2.86 bits per heavy atom. The van der Waals surface area contributed by atoms with Crippen molar-refractivity contribution < 1.29 is 9.84 Å². The number of methoxy groups -OCH3 is 1. The van der Waals surface area contributed by atoms with Gasteiger partial charge in [-0.2, -0.15) is 0 Å². The van der Waals surface area contributed by atoms with Gasteiger partial charge in [-0.3, -0.25) is 0 Å². The van der Waals surface area contributed by atoms with Crippen molar-refractivity contribution in [1.29, 1.82) is 0 Å². The highest BCUT2D eigenvalue weighted by molar-refractivity contribution is 7.07. The Balaban J connectivity index is 2.76. The third kappa shape index (κ3) is 0.866. The molecule has 7 heavy (non-hydrogen) atoms. The fourth-order valence-corrected chi connectivity index (χ4v) is 0.648. The number of ether oxygens (including phenoxy) is 1. The molecule has 0 saturated carbocycles. The highest BCUT2D eigenvalue weighted by Gasteiger charge is 1.94. The number of hydrogen-bond acceptors (Lipinski definition) is 3. The van der Waals surface area contributed by atoms with E-state index >= 15 is 0 Å².